The Labute approximate surface area is 97.1 Å². The maximum absolute atomic E-state index is 11.3. The summed E-state index contributed by atoms with van der Waals surface area (Å²) in [5.74, 6) is 0.00318. The number of aliphatic hydroxyl groups excluding tert-OH is 1. The molecule has 0 aliphatic rings. The smallest absolute Gasteiger partial charge is 0.212 e. The molecule has 0 spiro atoms. The van der Waals surface area contributed by atoms with Crippen LogP contribution in [0.5, 0.6) is 0 Å². The standard InChI is InChI=1S/C9H20ClNO3S/c1-3-9(4-2,8-12)7-11-15(13,14)6-5-10/h11-12H,3-8H2,1-2H3. The van der Waals surface area contributed by atoms with Crippen molar-refractivity contribution in [1.82, 2.24) is 4.72 Å². The molecule has 0 fully saturated rings. The van der Waals surface area contributed by atoms with E-state index in [1.165, 1.54) is 0 Å². The zero-order valence-corrected chi connectivity index (χ0v) is 10.9. The quantitative estimate of drug-likeness (QED) is 0.636. The van der Waals surface area contributed by atoms with Gasteiger partial charge < -0.3 is 5.11 Å². The first kappa shape index (κ1) is 15.2. The maximum Gasteiger partial charge on any atom is 0.212 e. The summed E-state index contributed by atoms with van der Waals surface area (Å²) in [4.78, 5) is 0. The Balaban J connectivity index is 4.34. The zero-order chi connectivity index (χ0) is 11.9. The molecule has 0 amide bonds. The fourth-order valence-corrected chi connectivity index (χ4v) is 2.70. The molecule has 0 aromatic heterocycles. The molecule has 15 heavy (non-hydrogen) atoms. The van der Waals surface area contributed by atoms with Gasteiger partial charge in [0.1, 0.15) is 0 Å². The number of alkyl halides is 1. The fourth-order valence-electron chi connectivity index (χ4n) is 1.22. The van der Waals surface area contributed by atoms with Crippen molar-refractivity contribution in [1.29, 1.82) is 0 Å². The van der Waals surface area contributed by atoms with Crippen molar-refractivity contribution in [2.75, 3.05) is 24.8 Å². The van der Waals surface area contributed by atoms with Gasteiger partial charge >= 0.3 is 0 Å². The third kappa shape index (κ3) is 5.15. The number of hydrogen-bond donors (Lipinski definition) is 2. The molecule has 0 aliphatic carbocycles. The minimum absolute atomic E-state index is 0.0105. The first-order valence-corrected chi connectivity index (χ1v) is 7.28. The molecule has 0 aromatic rings. The third-order valence-corrected chi connectivity index (χ3v) is 4.59. The molecule has 0 saturated carbocycles. The zero-order valence-electron chi connectivity index (χ0n) is 9.29. The van der Waals surface area contributed by atoms with Crippen LogP contribution in [0, 0.1) is 5.41 Å². The van der Waals surface area contributed by atoms with E-state index >= 15 is 0 Å². The van der Waals surface area contributed by atoms with Gasteiger partial charge in [-0.25, -0.2) is 13.1 Å². The molecule has 2 N–H and O–H groups in total. The highest BCUT2D eigenvalue weighted by atomic mass is 35.5. The van der Waals surface area contributed by atoms with E-state index in [0.29, 0.717) is 0 Å². The summed E-state index contributed by atoms with van der Waals surface area (Å²) in [7, 11) is -3.29. The highest BCUT2D eigenvalue weighted by molar-refractivity contribution is 7.89. The minimum Gasteiger partial charge on any atom is -0.396 e. The molecular formula is C9H20ClNO3S. The summed E-state index contributed by atoms with van der Waals surface area (Å²) in [6.07, 6.45) is 1.48. The Hall–Kier alpha value is 0.160. The second-order valence-electron chi connectivity index (χ2n) is 3.69. The van der Waals surface area contributed by atoms with E-state index in [2.05, 4.69) is 4.72 Å². The van der Waals surface area contributed by atoms with Crippen LogP contribution in [-0.4, -0.2) is 38.3 Å². The van der Waals surface area contributed by atoms with Gasteiger partial charge in [0, 0.05) is 24.4 Å². The van der Waals surface area contributed by atoms with Gasteiger partial charge in [-0.05, 0) is 12.8 Å². The van der Waals surface area contributed by atoms with Crippen molar-refractivity contribution in [3.05, 3.63) is 0 Å². The van der Waals surface area contributed by atoms with Crippen molar-refractivity contribution < 1.29 is 13.5 Å². The summed E-state index contributed by atoms with van der Waals surface area (Å²) in [5, 5.41) is 9.24. The lowest BCUT2D eigenvalue weighted by Gasteiger charge is -2.29. The minimum atomic E-state index is -3.29. The van der Waals surface area contributed by atoms with Gasteiger partial charge in [-0.3, -0.25) is 0 Å². The molecule has 0 rings (SSSR count). The predicted octanol–water partition coefficient (Wildman–Crippen LogP) is 0.943. The van der Waals surface area contributed by atoms with E-state index in [1.807, 2.05) is 13.8 Å². The molecule has 0 aliphatic heterocycles. The molecule has 0 unspecified atom stereocenters. The van der Waals surface area contributed by atoms with E-state index in [0.717, 1.165) is 12.8 Å². The van der Waals surface area contributed by atoms with Crippen LogP contribution in [0.2, 0.25) is 0 Å². The lowest BCUT2D eigenvalue weighted by Crippen LogP contribution is -2.40. The van der Waals surface area contributed by atoms with E-state index in [1.54, 1.807) is 0 Å². The Morgan fingerprint density at radius 3 is 2.20 bits per heavy atom. The van der Waals surface area contributed by atoms with Crippen LogP contribution in [0.25, 0.3) is 0 Å². The highest BCUT2D eigenvalue weighted by Crippen LogP contribution is 2.24. The monoisotopic (exact) mass is 257 g/mol. The Kier molecular flexibility index (Phi) is 6.75. The Bertz CT molecular complexity index is 254. The van der Waals surface area contributed by atoms with Crippen molar-refractivity contribution in [2.24, 2.45) is 5.41 Å². The van der Waals surface area contributed by atoms with E-state index in [-0.39, 0.29) is 30.2 Å². The number of halogens is 1. The summed E-state index contributed by atoms with van der Waals surface area (Å²) in [5.41, 5.74) is -0.348. The molecule has 6 heteroatoms. The van der Waals surface area contributed by atoms with E-state index in [9.17, 15) is 13.5 Å². The molecule has 0 radical (unpaired) electrons. The van der Waals surface area contributed by atoms with Crippen molar-refractivity contribution >= 4 is 21.6 Å². The van der Waals surface area contributed by atoms with Crippen LogP contribution >= 0.6 is 11.6 Å². The summed E-state index contributed by atoms with van der Waals surface area (Å²) >= 11 is 5.37. The van der Waals surface area contributed by atoms with Gasteiger partial charge in [0.2, 0.25) is 10.0 Å². The van der Waals surface area contributed by atoms with Crippen LogP contribution < -0.4 is 4.72 Å². The molecule has 4 nitrogen and oxygen atoms in total. The lowest BCUT2D eigenvalue weighted by atomic mass is 9.84. The third-order valence-electron chi connectivity index (χ3n) is 2.85. The number of sulfonamides is 1. The summed E-state index contributed by atoms with van der Waals surface area (Å²) in [6.45, 7) is 4.14. The van der Waals surface area contributed by atoms with Gasteiger partial charge in [0.25, 0.3) is 0 Å². The fraction of sp³-hybridized carbons (Fsp3) is 1.00. The summed E-state index contributed by atoms with van der Waals surface area (Å²) in [6, 6.07) is 0. The van der Waals surface area contributed by atoms with Gasteiger partial charge in [0.05, 0.1) is 5.75 Å². The van der Waals surface area contributed by atoms with E-state index in [4.69, 9.17) is 11.6 Å². The molecule has 0 atom stereocenters. The number of aliphatic hydroxyl groups is 1. The maximum atomic E-state index is 11.3. The van der Waals surface area contributed by atoms with Crippen LogP contribution in [-0.2, 0) is 10.0 Å². The highest BCUT2D eigenvalue weighted by Gasteiger charge is 2.26. The number of rotatable bonds is 8. The van der Waals surface area contributed by atoms with Crippen molar-refractivity contribution in [2.45, 2.75) is 26.7 Å². The van der Waals surface area contributed by atoms with Crippen molar-refractivity contribution in [3.8, 4) is 0 Å². The first-order chi connectivity index (χ1) is 6.95. The molecule has 0 bridgehead atoms. The second-order valence-corrected chi connectivity index (χ2v) is 6.00. The van der Waals surface area contributed by atoms with Crippen LogP contribution in [0.3, 0.4) is 0 Å². The molecule has 0 heterocycles. The van der Waals surface area contributed by atoms with Gasteiger partial charge in [-0.2, -0.15) is 0 Å². The first-order valence-electron chi connectivity index (χ1n) is 5.09. The van der Waals surface area contributed by atoms with Crippen LogP contribution in [0.15, 0.2) is 0 Å². The van der Waals surface area contributed by atoms with Gasteiger partial charge in [0.15, 0.2) is 0 Å². The topological polar surface area (TPSA) is 66.4 Å². The Morgan fingerprint density at radius 1 is 1.33 bits per heavy atom. The molecule has 0 saturated heterocycles. The largest absolute Gasteiger partial charge is 0.396 e. The number of nitrogens with one attached hydrogen (secondary N) is 1. The molecular weight excluding hydrogens is 238 g/mol. The SMILES string of the molecule is CCC(CC)(CO)CNS(=O)(=O)CCCl. The average Bonchev–Trinajstić information content (AvgIpc) is 2.21. The second kappa shape index (κ2) is 6.68. The van der Waals surface area contributed by atoms with Gasteiger partial charge in [-0.15, -0.1) is 11.6 Å². The molecule has 92 valence electrons. The van der Waals surface area contributed by atoms with Crippen molar-refractivity contribution in [3.63, 3.8) is 0 Å². The van der Waals surface area contributed by atoms with Crippen LogP contribution in [0.4, 0.5) is 0 Å². The van der Waals surface area contributed by atoms with Gasteiger partial charge in [-0.1, -0.05) is 13.8 Å². The summed E-state index contributed by atoms with van der Waals surface area (Å²) < 4.78 is 25.2. The predicted molar refractivity (Wildman–Crippen MR) is 62.6 cm³/mol. The lowest BCUT2D eigenvalue weighted by molar-refractivity contribution is 0.119. The average molecular weight is 258 g/mol. The van der Waals surface area contributed by atoms with Crippen LogP contribution in [0.1, 0.15) is 26.7 Å². The normalized spacial score (nSPS) is 13.1. The molecule has 0 aromatic carbocycles. The number of hydrogen-bond acceptors (Lipinski definition) is 3. The Morgan fingerprint density at radius 2 is 1.87 bits per heavy atom. The van der Waals surface area contributed by atoms with E-state index < -0.39 is 10.0 Å².